The summed E-state index contributed by atoms with van der Waals surface area (Å²) in [6, 6.07) is 26.3. The molecule has 0 fully saturated rings. The molecule has 3 aromatic carbocycles. The molecule has 2 unspecified atom stereocenters. The summed E-state index contributed by atoms with van der Waals surface area (Å²) in [4.78, 5) is 26.6. The number of aryl methyl sites for hydroxylation is 1. The summed E-state index contributed by atoms with van der Waals surface area (Å²) in [5.41, 5.74) is 3.60. The van der Waals surface area contributed by atoms with Gasteiger partial charge >= 0.3 is 5.97 Å². The van der Waals surface area contributed by atoms with Crippen molar-refractivity contribution in [1.29, 1.82) is 0 Å². The molecule has 2 atom stereocenters. The maximum absolute atomic E-state index is 13.5. The van der Waals surface area contributed by atoms with Gasteiger partial charge in [-0.3, -0.25) is 4.79 Å². The third-order valence-corrected chi connectivity index (χ3v) is 5.39. The largest absolute Gasteiger partial charge is 0.480 e. The molecule has 0 spiro atoms. The van der Waals surface area contributed by atoms with Gasteiger partial charge in [0.25, 0.3) is 0 Å². The molecule has 3 aromatic rings. The van der Waals surface area contributed by atoms with E-state index in [0.717, 1.165) is 16.7 Å². The molecule has 31 heavy (non-hydrogen) atoms. The highest BCUT2D eigenvalue weighted by Crippen LogP contribution is 2.44. The number of ether oxygens (including phenoxy) is 2. The molecule has 0 bridgehead atoms. The van der Waals surface area contributed by atoms with Crippen LogP contribution < -0.4 is 0 Å². The minimum Gasteiger partial charge on any atom is -0.480 e. The molecular weight excluding hydrogens is 388 g/mol. The Morgan fingerprint density at radius 2 is 1.48 bits per heavy atom. The third-order valence-electron chi connectivity index (χ3n) is 5.39. The van der Waals surface area contributed by atoms with Crippen molar-refractivity contribution < 1.29 is 19.1 Å². The van der Waals surface area contributed by atoms with Crippen LogP contribution in [0.5, 0.6) is 0 Å². The number of benzene rings is 3. The molecule has 0 N–H and O–H groups in total. The van der Waals surface area contributed by atoms with Gasteiger partial charge < -0.3 is 9.47 Å². The lowest BCUT2D eigenvalue weighted by Crippen LogP contribution is -2.29. The van der Waals surface area contributed by atoms with Crippen LogP contribution in [0.25, 0.3) is 5.76 Å². The van der Waals surface area contributed by atoms with Crippen molar-refractivity contribution in [1.82, 2.24) is 0 Å². The van der Waals surface area contributed by atoms with Gasteiger partial charge in [0.15, 0.2) is 6.10 Å². The minimum atomic E-state index is -0.861. The van der Waals surface area contributed by atoms with E-state index in [1.165, 1.54) is 0 Å². The Morgan fingerprint density at radius 1 is 0.871 bits per heavy atom. The molecule has 0 aromatic heterocycles. The van der Waals surface area contributed by atoms with Crippen molar-refractivity contribution in [2.24, 2.45) is 0 Å². The first-order valence-electron chi connectivity index (χ1n) is 10.4. The van der Waals surface area contributed by atoms with E-state index in [0.29, 0.717) is 16.9 Å². The molecule has 0 aliphatic carbocycles. The summed E-state index contributed by atoms with van der Waals surface area (Å²) < 4.78 is 11.7. The fraction of sp³-hybridized carbons (Fsp3) is 0.185. The summed E-state index contributed by atoms with van der Waals surface area (Å²) in [6.45, 7) is 4.01. The van der Waals surface area contributed by atoms with Crippen LogP contribution in [0, 0.1) is 6.92 Å². The van der Waals surface area contributed by atoms with Crippen LogP contribution in [-0.4, -0.2) is 24.5 Å². The van der Waals surface area contributed by atoms with Crippen LogP contribution in [0.3, 0.4) is 0 Å². The van der Waals surface area contributed by atoms with Gasteiger partial charge in [0.2, 0.25) is 5.78 Å². The monoisotopic (exact) mass is 412 g/mol. The van der Waals surface area contributed by atoms with E-state index in [1.54, 1.807) is 19.1 Å². The molecule has 1 aliphatic heterocycles. The summed E-state index contributed by atoms with van der Waals surface area (Å²) >= 11 is 0. The Balaban J connectivity index is 1.88. The molecule has 4 heteroatoms. The molecule has 1 aliphatic rings. The van der Waals surface area contributed by atoms with Crippen molar-refractivity contribution in [3.63, 3.8) is 0 Å². The van der Waals surface area contributed by atoms with Gasteiger partial charge in [-0.2, -0.15) is 0 Å². The van der Waals surface area contributed by atoms with E-state index in [1.807, 2.05) is 79.7 Å². The number of esters is 1. The van der Waals surface area contributed by atoms with Crippen LogP contribution >= 0.6 is 0 Å². The van der Waals surface area contributed by atoms with E-state index >= 15 is 0 Å². The standard InChI is InChI=1S/C27H24O4/c1-3-30-27(29)23-22(19-16-14-18(2)15-17-19)26(24(28)20-10-6-4-7-11-20)31-25(23)21-12-8-5-9-13-21/h4-17,22,26H,3H2,1-2H3. The van der Waals surface area contributed by atoms with Crippen LogP contribution in [0.15, 0.2) is 90.5 Å². The number of carbonyl (C=O) groups excluding carboxylic acids is 2. The summed E-state index contributed by atoms with van der Waals surface area (Å²) in [6.07, 6.45) is -0.861. The lowest BCUT2D eigenvalue weighted by atomic mass is 9.83. The number of Topliss-reactive ketones (excluding diaryl/α,β-unsaturated/α-hetero) is 1. The Bertz CT molecular complexity index is 1100. The predicted octanol–water partition coefficient (Wildman–Crippen LogP) is 5.33. The highest BCUT2D eigenvalue weighted by molar-refractivity contribution is 6.06. The topological polar surface area (TPSA) is 52.6 Å². The number of hydrogen-bond donors (Lipinski definition) is 0. The zero-order valence-corrected chi connectivity index (χ0v) is 17.6. The molecule has 0 amide bonds. The van der Waals surface area contributed by atoms with Crippen LogP contribution in [0.2, 0.25) is 0 Å². The molecule has 0 saturated heterocycles. The summed E-state index contributed by atoms with van der Waals surface area (Å²) in [5, 5.41) is 0. The van der Waals surface area contributed by atoms with Crippen molar-refractivity contribution in [3.05, 3.63) is 113 Å². The van der Waals surface area contributed by atoms with E-state index < -0.39 is 18.0 Å². The van der Waals surface area contributed by atoms with Gasteiger partial charge in [-0.15, -0.1) is 0 Å². The average Bonchev–Trinajstić information content (AvgIpc) is 3.21. The van der Waals surface area contributed by atoms with Crippen LogP contribution in [0.4, 0.5) is 0 Å². The number of hydrogen-bond acceptors (Lipinski definition) is 4. The molecule has 4 rings (SSSR count). The van der Waals surface area contributed by atoms with E-state index in [4.69, 9.17) is 9.47 Å². The molecule has 0 saturated carbocycles. The minimum absolute atomic E-state index is 0.168. The summed E-state index contributed by atoms with van der Waals surface area (Å²) in [5.74, 6) is -0.796. The van der Waals surface area contributed by atoms with Gasteiger partial charge in [-0.1, -0.05) is 90.5 Å². The molecular formula is C27H24O4. The first-order chi connectivity index (χ1) is 15.1. The van der Waals surface area contributed by atoms with Gasteiger partial charge in [-0.25, -0.2) is 4.79 Å². The van der Waals surface area contributed by atoms with Crippen molar-refractivity contribution in [2.45, 2.75) is 25.9 Å². The Labute approximate surface area is 182 Å². The quantitative estimate of drug-likeness (QED) is 0.405. The highest BCUT2D eigenvalue weighted by atomic mass is 16.5. The smallest absolute Gasteiger partial charge is 0.338 e. The fourth-order valence-electron chi connectivity index (χ4n) is 3.88. The average molecular weight is 412 g/mol. The number of ketones is 1. The SMILES string of the molecule is CCOC(=O)C1=C(c2ccccc2)OC(C(=O)c2ccccc2)C1c1ccc(C)cc1. The second-order valence-corrected chi connectivity index (χ2v) is 7.49. The zero-order chi connectivity index (χ0) is 21.8. The van der Waals surface area contributed by atoms with Crippen molar-refractivity contribution in [3.8, 4) is 0 Å². The molecule has 1 heterocycles. The second kappa shape index (κ2) is 9.00. The van der Waals surface area contributed by atoms with E-state index in [-0.39, 0.29) is 12.4 Å². The first-order valence-corrected chi connectivity index (χ1v) is 10.4. The maximum Gasteiger partial charge on any atom is 0.338 e. The normalized spacial score (nSPS) is 17.9. The lowest BCUT2D eigenvalue weighted by Gasteiger charge is -2.20. The highest BCUT2D eigenvalue weighted by Gasteiger charge is 2.46. The van der Waals surface area contributed by atoms with Gasteiger partial charge in [0, 0.05) is 11.1 Å². The van der Waals surface area contributed by atoms with Gasteiger partial charge in [0.1, 0.15) is 5.76 Å². The lowest BCUT2D eigenvalue weighted by molar-refractivity contribution is -0.138. The van der Waals surface area contributed by atoms with Crippen LogP contribution in [0.1, 0.15) is 39.9 Å². The van der Waals surface area contributed by atoms with Crippen molar-refractivity contribution in [2.75, 3.05) is 6.61 Å². The molecule has 156 valence electrons. The maximum atomic E-state index is 13.5. The summed E-state index contributed by atoms with van der Waals surface area (Å²) in [7, 11) is 0. The van der Waals surface area contributed by atoms with Gasteiger partial charge in [0.05, 0.1) is 18.1 Å². The Morgan fingerprint density at radius 3 is 2.10 bits per heavy atom. The zero-order valence-electron chi connectivity index (χ0n) is 17.6. The molecule has 0 radical (unpaired) electrons. The Kier molecular flexibility index (Phi) is 5.99. The molecule has 4 nitrogen and oxygen atoms in total. The second-order valence-electron chi connectivity index (χ2n) is 7.49. The third kappa shape index (κ3) is 4.15. The number of rotatable bonds is 6. The fourth-order valence-corrected chi connectivity index (χ4v) is 3.88. The number of carbonyl (C=O) groups is 2. The van der Waals surface area contributed by atoms with Gasteiger partial charge in [-0.05, 0) is 19.4 Å². The van der Waals surface area contributed by atoms with Crippen molar-refractivity contribution >= 4 is 17.5 Å². The Hall–Kier alpha value is -3.66. The first kappa shape index (κ1) is 20.6. The van der Waals surface area contributed by atoms with E-state index in [9.17, 15) is 9.59 Å². The van der Waals surface area contributed by atoms with Crippen LogP contribution in [-0.2, 0) is 14.3 Å². The predicted molar refractivity (Wildman–Crippen MR) is 120 cm³/mol. The van der Waals surface area contributed by atoms with E-state index in [2.05, 4.69) is 0 Å².